The average molecular weight is 113 g/mol. The Labute approximate surface area is 47.4 Å². The second kappa shape index (κ2) is 1.31. The first-order valence-electron chi connectivity index (χ1n) is 2.38. The van der Waals surface area contributed by atoms with Crippen LogP contribution < -0.4 is 0 Å². The first kappa shape index (κ1) is 5.28. The molecule has 0 bridgehead atoms. The van der Waals surface area contributed by atoms with Gasteiger partial charge in [-0.3, -0.25) is 0 Å². The number of aliphatic imine (C=N–C) groups is 1. The topological polar surface area (TPSA) is 38.7 Å². The predicted octanol–water partition coefficient (Wildman–Crippen LogP) is 0.350. The van der Waals surface area contributed by atoms with Crippen molar-refractivity contribution in [1.29, 1.82) is 0 Å². The highest BCUT2D eigenvalue weighted by molar-refractivity contribution is 6.24. The molecule has 3 heteroatoms. The van der Waals surface area contributed by atoms with Gasteiger partial charge in [0.05, 0.1) is 0 Å². The summed E-state index contributed by atoms with van der Waals surface area (Å²) in [6.07, 6.45) is 1.19. The van der Waals surface area contributed by atoms with Gasteiger partial charge in [0.2, 0.25) is 0 Å². The van der Waals surface area contributed by atoms with Gasteiger partial charge >= 0.3 is 5.97 Å². The molecule has 0 amide bonds. The first-order valence-corrected chi connectivity index (χ1v) is 2.38. The summed E-state index contributed by atoms with van der Waals surface area (Å²) >= 11 is 0. The van der Waals surface area contributed by atoms with Crippen LogP contribution in [0.1, 0.15) is 13.8 Å². The van der Waals surface area contributed by atoms with Crippen molar-refractivity contribution in [1.82, 2.24) is 0 Å². The zero-order valence-electron chi connectivity index (χ0n) is 4.84. The van der Waals surface area contributed by atoms with Gasteiger partial charge in [0.1, 0.15) is 6.21 Å². The number of ether oxygens (including phenoxy) is 1. The van der Waals surface area contributed by atoms with Gasteiger partial charge in [0, 0.05) is 0 Å². The molecule has 0 aromatic rings. The summed E-state index contributed by atoms with van der Waals surface area (Å²) in [4.78, 5) is 14.0. The van der Waals surface area contributed by atoms with Crippen LogP contribution in [0.3, 0.4) is 0 Å². The average Bonchev–Trinajstić information content (AvgIpc) is 1.82. The molecular weight excluding hydrogens is 106 g/mol. The Balaban J connectivity index is 2.72. The molecule has 0 aromatic heterocycles. The lowest BCUT2D eigenvalue weighted by atomic mass is 10.3. The van der Waals surface area contributed by atoms with E-state index in [0.717, 1.165) is 0 Å². The molecule has 0 saturated carbocycles. The Hall–Kier alpha value is -0.860. The van der Waals surface area contributed by atoms with E-state index < -0.39 is 5.72 Å². The Morgan fingerprint density at radius 1 is 1.75 bits per heavy atom. The molecule has 44 valence electrons. The van der Waals surface area contributed by atoms with Crippen LogP contribution in [0.15, 0.2) is 4.99 Å². The smallest absolute Gasteiger partial charge is 0.351 e. The lowest BCUT2D eigenvalue weighted by molar-refractivity contribution is -0.142. The number of nitrogens with zero attached hydrogens (tertiary/aromatic N) is 1. The lowest BCUT2D eigenvalue weighted by Crippen LogP contribution is -2.17. The summed E-state index contributed by atoms with van der Waals surface area (Å²) in [6, 6.07) is 0. The number of hydrogen-bond acceptors (Lipinski definition) is 3. The normalized spacial score (nSPS) is 23.5. The van der Waals surface area contributed by atoms with Crippen LogP contribution in [-0.4, -0.2) is 17.9 Å². The molecule has 8 heavy (non-hydrogen) atoms. The maximum Gasteiger partial charge on any atom is 0.351 e. The highest BCUT2D eigenvalue weighted by Crippen LogP contribution is 2.14. The van der Waals surface area contributed by atoms with Crippen molar-refractivity contribution in [2.24, 2.45) is 4.99 Å². The van der Waals surface area contributed by atoms with Crippen LogP contribution in [0.4, 0.5) is 0 Å². The minimum atomic E-state index is -0.614. The van der Waals surface area contributed by atoms with Gasteiger partial charge in [0.15, 0.2) is 5.72 Å². The monoisotopic (exact) mass is 113 g/mol. The van der Waals surface area contributed by atoms with Gasteiger partial charge < -0.3 is 4.74 Å². The second-order valence-corrected chi connectivity index (χ2v) is 2.13. The van der Waals surface area contributed by atoms with Crippen LogP contribution in [0, 0.1) is 0 Å². The van der Waals surface area contributed by atoms with Crippen molar-refractivity contribution in [3.63, 3.8) is 0 Å². The van der Waals surface area contributed by atoms with Crippen molar-refractivity contribution in [2.75, 3.05) is 0 Å². The SMILES string of the molecule is CC1(C)N=CC(=O)O1. The molecule has 0 radical (unpaired) electrons. The molecule has 1 rings (SSSR count). The van der Waals surface area contributed by atoms with Crippen LogP contribution in [0.2, 0.25) is 0 Å². The summed E-state index contributed by atoms with van der Waals surface area (Å²) in [5.41, 5.74) is -0.614. The number of cyclic esters (lactones) is 1. The van der Waals surface area contributed by atoms with E-state index in [1.54, 1.807) is 13.8 Å². The minimum Gasteiger partial charge on any atom is -0.433 e. The largest absolute Gasteiger partial charge is 0.433 e. The van der Waals surface area contributed by atoms with E-state index >= 15 is 0 Å². The predicted molar refractivity (Wildman–Crippen MR) is 28.7 cm³/mol. The molecule has 0 atom stereocenters. The zero-order chi connectivity index (χ0) is 6.20. The third kappa shape index (κ3) is 0.857. The summed E-state index contributed by atoms with van der Waals surface area (Å²) < 4.78 is 4.69. The Bertz CT molecular complexity index is 149. The zero-order valence-corrected chi connectivity index (χ0v) is 4.84. The molecule has 0 aromatic carbocycles. The third-order valence-corrected chi connectivity index (χ3v) is 0.831. The summed E-state index contributed by atoms with van der Waals surface area (Å²) in [6.45, 7) is 3.46. The molecule has 3 nitrogen and oxygen atoms in total. The van der Waals surface area contributed by atoms with Crippen molar-refractivity contribution >= 4 is 12.2 Å². The van der Waals surface area contributed by atoms with E-state index in [2.05, 4.69) is 9.73 Å². The van der Waals surface area contributed by atoms with Gasteiger partial charge in [0.25, 0.3) is 0 Å². The van der Waals surface area contributed by atoms with E-state index in [4.69, 9.17) is 0 Å². The van der Waals surface area contributed by atoms with Crippen molar-refractivity contribution in [3.8, 4) is 0 Å². The molecule has 0 fully saturated rings. The highest BCUT2D eigenvalue weighted by atomic mass is 16.6. The van der Waals surface area contributed by atoms with E-state index in [-0.39, 0.29) is 5.97 Å². The summed E-state index contributed by atoms with van der Waals surface area (Å²) in [5.74, 6) is -0.352. The molecule has 0 unspecified atom stereocenters. The number of carbonyl (C=O) groups excluding carboxylic acids is 1. The Morgan fingerprint density at radius 2 is 2.38 bits per heavy atom. The van der Waals surface area contributed by atoms with Crippen molar-refractivity contribution in [2.45, 2.75) is 19.6 Å². The molecule has 1 aliphatic rings. The van der Waals surface area contributed by atoms with Crippen LogP contribution in [0.25, 0.3) is 0 Å². The fraction of sp³-hybridized carbons (Fsp3) is 0.600. The fourth-order valence-corrected chi connectivity index (χ4v) is 0.507. The van der Waals surface area contributed by atoms with Crippen LogP contribution in [-0.2, 0) is 9.53 Å². The number of esters is 1. The summed E-state index contributed by atoms with van der Waals surface area (Å²) in [7, 11) is 0. The number of hydrogen-bond donors (Lipinski definition) is 0. The van der Waals surface area contributed by atoms with Crippen molar-refractivity contribution in [3.05, 3.63) is 0 Å². The Morgan fingerprint density at radius 3 is 2.50 bits per heavy atom. The maximum absolute atomic E-state index is 10.3. The number of carbonyl (C=O) groups is 1. The molecule has 0 N–H and O–H groups in total. The molecule has 0 spiro atoms. The molecule has 0 saturated heterocycles. The fourth-order valence-electron chi connectivity index (χ4n) is 0.507. The standard InChI is InChI=1S/C5H7NO2/c1-5(2)6-3-4(7)8-5/h3H,1-2H3. The lowest BCUT2D eigenvalue weighted by Gasteiger charge is -2.11. The first-order chi connectivity index (χ1) is 3.60. The molecular formula is C5H7NO2. The molecule has 1 heterocycles. The second-order valence-electron chi connectivity index (χ2n) is 2.13. The van der Waals surface area contributed by atoms with Crippen LogP contribution in [0.5, 0.6) is 0 Å². The minimum absolute atomic E-state index is 0.352. The van der Waals surface area contributed by atoms with Gasteiger partial charge in [-0.1, -0.05) is 0 Å². The van der Waals surface area contributed by atoms with E-state index in [0.29, 0.717) is 0 Å². The van der Waals surface area contributed by atoms with E-state index in [1.165, 1.54) is 6.21 Å². The Kier molecular flexibility index (Phi) is 0.863. The van der Waals surface area contributed by atoms with E-state index in [1.807, 2.05) is 0 Å². The summed E-state index contributed by atoms with van der Waals surface area (Å²) in [5, 5.41) is 0. The van der Waals surface area contributed by atoms with Gasteiger partial charge in [-0.25, -0.2) is 9.79 Å². The molecule has 1 aliphatic heterocycles. The highest BCUT2D eigenvalue weighted by Gasteiger charge is 2.25. The maximum atomic E-state index is 10.3. The van der Waals surface area contributed by atoms with Gasteiger partial charge in [-0.2, -0.15) is 0 Å². The van der Waals surface area contributed by atoms with Crippen LogP contribution >= 0.6 is 0 Å². The third-order valence-electron chi connectivity index (χ3n) is 0.831. The quantitative estimate of drug-likeness (QED) is 0.425. The molecule has 0 aliphatic carbocycles. The van der Waals surface area contributed by atoms with E-state index in [9.17, 15) is 4.79 Å². The van der Waals surface area contributed by atoms with Gasteiger partial charge in [-0.15, -0.1) is 0 Å². The number of rotatable bonds is 0. The van der Waals surface area contributed by atoms with Gasteiger partial charge in [-0.05, 0) is 13.8 Å². The van der Waals surface area contributed by atoms with Crippen molar-refractivity contribution < 1.29 is 9.53 Å².